The number of nitrogens with one attached hydrogen (secondary N) is 1. The average Bonchev–Trinajstić information content (AvgIpc) is 2.49. The van der Waals surface area contributed by atoms with Crippen molar-refractivity contribution in [2.24, 2.45) is 0 Å². The van der Waals surface area contributed by atoms with Crippen LogP contribution >= 0.6 is 23.2 Å². The topological polar surface area (TPSA) is 55.4 Å². The third-order valence-electron chi connectivity index (χ3n) is 3.31. The van der Waals surface area contributed by atoms with Crippen molar-refractivity contribution in [3.05, 3.63) is 57.6 Å². The molecule has 0 aliphatic carbocycles. The summed E-state index contributed by atoms with van der Waals surface area (Å²) in [6.45, 7) is 2.05. The number of hydrogen-bond acceptors (Lipinski definition) is 3. The molecule has 4 nitrogen and oxygen atoms in total. The number of halogens is 2. The fourth-order valence-corrected chi connectivity index (χ4v) is 3.90. The van der Waals surface area contributed by atoms with E-state index in [0.29, 0.717) is 22.2 Å². The summed E-state index contributed by atoms with van der Waals surface area (Å²) >= 11 is 11.9. The Bertz CT molecular complexity index is 807. The van der Waals surface area contributed by atoms with E-state index in [-0.39, 0.29) is 11.4 Å². The summed E-state index contributed by atoms with van der Waals surface area (Å²) in [6.07, 6.45) is 0.462. The largest absolute Gasteiger partial charge is 0.495 e. The first-order chi connectivity index (χ1) is 10.8. The molecule has 0 atom stereocenters. The van der Waals surface area contributed by atoms with E-state index in [1.165, 1.54) is 7.11 Å². The molecular weight excluding hydrogens is 357 g/mol. The van der Waals surface area contributed by atoms with Gasteiger partial charge in [0.2, 0.25) is 10.0 Å². The van der Waals surface area contributed by atoms with Crippen LogP contribution in [0.1, 0.15) is 11.1 Å². The molecule has 23 heavy (non-hydrogen) atoms. The average molecular weight is 374 g/mol. The molecule has 0 bridgehead atoms. The van der Waals surface area contributed by atoms with Gasteiger partial charge < -0.3 is 4.74 Å². The molecule has 0 radical (unpaired) electrons. The highest BCUT2D eigenvalue weighted by molar-refractivity contribution is 7.89. The van der Waals surface area contributed by atoms with Crippen LogP contribution in [0.3, 0.4) is 0 Å². The molecule has 0 aliphatic heterocycles. The number of rotatable bonds is 6. The Morgan fingerprint density at radius 2 is 1.87 bits per heavy atom. The number of hydrogen-bond donors (Lipinski definition) is 1. The van der Waals surface area contributed by atoms with Gasteiger partial charge in [-0.1, -0.05) is 35.3 Å². The molecule has 2 rings (SSSR count). The van der Waals surface area contributed by atoms with Crippen molar-refractivity contribution in [3.63, 3.8) is 0 Å². The van der Waals surface area contributed by atoms with E-state index < -0.39 is 10.0 Å². The van der Waals surface area contributed by atoms with Gasteiger partial charge in [-0.05, 0) is 48.7 Å². The molecule has 2 aromatic rings. The smallest absolute Gasteiger partial charge is 0.244 e. The quantitative estimate of drug-likeness (QED) is 0.836. The number of methoxy groups -OCH3 is 1. The van der Waals surface area contributed by atoms with Gasteiger partial charge in [-0.3, -0.25) is 0 Å². The van der Waals surface area contributed by atoms with Crippen molar-refractivity contribution in [1.29, 1.82) is 0 Å². The van der Waals surface area contributed by atoms with Crippen LogP contribution in [0.15, 0.2) is 41.3 Å². The minimum atomic E-state index is -3.66. The molecule has 0 unspecified atom stereocenters. The van der Waals surface area contributed by atoms with Crippen LogP contribution in [0.2, 0.25) is 10.0 Å². The van der Waals surface area contributed by atoms with Crippen LogP contribution in [0.4, 0.5) is 0 Å². The van der Waals surface area contributed by atoms with Crippen LogP contribution in [-0.2, 0) is 16.4 Å². The predicted molar refractivity (Wildman–Crippen MR) is 93.1 cm³/mol. The zero-order valence-electron chi connectivity index (χ0n) is 12.8. The molecule has 2 aromatic carbocycles. The lowest BCUT2D eigenvalue weighted by molar-refractivity contribution is 0.402. The van der Waals surface area contributed by atoms with Crippen molar-refractivity contribution in [1.82, 2.24) is 4.72 Å². The van der Waals surface area contributed by atoms with Crippen LogP contribution < -0.4 is 9.46 Å². The predicted octanol–water partition coefficient (Wildman–Crippen LogP) is 3.83. The van der Waals surface area contributed by atoms with E-state index in [1.54, 1.807) is 36.4 Å². The maximum Gasteiger partial charge on any atom is 0.244 e. The van der Waals surface area contributed by atoms with E-state index >= 15 is 0 Å². The zero-order valence-corrected chi connectivity index (χ0v) is 15.1. The maximum atomic E-state index is 12.4. The van der Waals surface area contributed by atoms with Gasteiger partial charge in [-0.15, -0.1) is 0 Å². The molecule has 0 aromatic heterocycles. The van der Waals surface area contributed by atoms with Gasteiger partial charge in [0.25, 0.3) is 0 Å². The monoisotopic (exact) mass is 373 g/mol. The second-order valence-electron chi connectivity index (χ2n) is 5.04. The second-order valence-corrected chi connectivity index (χ2v) is 7.62. The lowest BCUT2D eigenvalue weighted by atomic mass is 10.1. The van der Waals surface area contributed by atoms with E-state index in [0.717, 1.165) is 11.1 Å². The molecule has 7 heteroatoms. The normalized spacial score (nSPS) is 11.5. The molecule has 1 N–H and O–H groups in total. The molecule has 0 saturated heterocycles. The van der Waals surface area contributed by atoms with E-state index in [2.05, 4.69) is 4.72 Å². The van der Waals surface area contributed by atoms with Crippen LogP contribution in [-0.4, -0.2) is 22.1 Å². The Kier molecular flexibility index (Phi) is 5.92. The fourth-order valence-electron chi connectivity index (χ4n) is 2.12. The van der Waals surface area contributed by atoms with E-state index in [9.17, 15) is 8.42 Å². The van der Waals surface area contributed by atoms with Crippen molar-refractivity contribution < 1.29 is 13.2 Å². The third kappa shape index (κ3) is 4.61. The Balaban J connectivity index is 2.12. The van der Waals surface area contributed by atoms with Crippen molar-refractivity contribution in [2.45, 2.75) is 18.2 Å². The molecule has 0 aliphatic rings. The van der Waals surface area contributed by atoms with Gasteiger partial charge >= 0.3 is 0 Å². The van der Waals surface area contributed by atoms with Crippen molar-refractivity contribution in [2.75, 3.05) is 13.7 Å². The summed E-state index contributed by atoms with van der Waals surface area (Å²) in [6, 6.07) is 10.2. The lowest BCUT2D eigenvalue weighted by Gasteiger charge is -2.12. The van der Waals surface area contributed by atoms with Gasteiger partial charge in [0, 0.05) is 16.6 Å². The van der Waals surface area contributed by atoms with Crippen LogP contribution in [0.25, 0.3) is 0 Å². The highest BCUT2D eigenvalue weighted by Crippen LogP contribution is 2.25. The van der Waals surface area contributed by atoms with E-state index in [4.69, 9.17) is 27.9 Å². The Morgan fingerprint density at radius 3 is 2.52 bits per heavy atom. The standard InChI is InChI=1S/C16H17Cl2NO3S/c1-11-3-6-15(22-2)16(9-11)23(20,21)19-8-7-12-4-5-13(17)10-14(12)18/h3-6,9-10,19H,7-8H2,1-2H3. The Labute approximate surface area is 146 Å². The summed E-state index contributed by atoms with van der Waals surface area (Å²) < 4.78 is 32.6. The summed E-state index contributed by atoms with van der Waals surface area (Å²) in [5.41, 5.74) is 1.67. The molecule has 0 heterocycles. The molecule has 0 fully saturated rings. The summed E-state index contributed by atoms with van der Waals surface area (Å²) in [7, 11) is -2.22. The summed E-state index contributed by atoms with van der Waals surface area (Å²) in [4.78, 5) is 0.127. The van der Waals surface area contributed by atoms with Gasteiger partial charge in [0.1, 0.15) is 10.6 Å². The zero-order chi connectivity index (χ0) is 17.0. The number of ether oxygens (including phenoxy) is 1. The molecule has 0 saturated carbocycles. The Hall–Kier alpha value is -1.27. The van der Waals surface area contributed by atoms with Gasteiger partial charge in [0.15, 0.2) is 0 Å². The maximum absolute atomic E-state index is 12.4. The van der Waals surface area contributed by atoms with Gasteiger partial charge in [-0.25, -0.2) is 13.1 Å². The molecule has 124 valence electrons. The number of aryl methyl sites for hydroxylation is 1. The van der Waals surface area contributed by atoms with Gasteiger partial charge in [-0.2, -0.15) is 0 Å². The fraction of sp³-hybridized carbons (Fsp3) is 0.250. The number of sulfonamides is 1. The SMILES string of the molecule is COc1ccc(C)cc1S(=O)(=O)NCCc1ccc(Cl)cc1Cl. The third-order valence-corrected chi connectivity index (χ3v) is 5.38. The highest BCUT2D eigenvalue weighted by Gasteiger charge is 2.19. The molecular formula is C16H17Cl2NO3S. The first-order valence-corrected chi connectivity index (χ1v) is 9.15. The van der Waals surface area contributed by atoms with Crippen LogP contribution in [0.5, 0.6) is 5.75 Å². The van der Waals surface area contributed by atoms with Crippen molar-refractivity contribution in [3.8, 4) is 5.75 Å². The van der Waals surface area contributed by atoms with Crippen molar-refractivity contribution >= 4 is 33.2 Å². The molecule has 0 spiro atoms. The summed E-state index contributed by atoms with van der Waals surface area (Å²) in [5, 5.41) is 1.06. The van der Waals surface area contributed by atoms with E-state index in [1.807, 2.05) is 6.92 Å². The number of benzene rings is 2. The first kappa shape index (κ1) is 18.1. The lowest BCUT2D eigenvalue weighted by Crippen LogP contribution is -2.26. The van der Waals surface area contributed by atoms with Crippen LogP contribution in [0, 0.1) is 6.92 Å². The Morgan fingerprint density at radius 1 is 1.13 bits per heavy atom. The highest BCUT2D eigenvalue weighted by atomic mass is 35.5. The minimum Gasteiger partial charge on any atom is -0.495 e. The van der Waals surface area contributed by atoms with Gasteiger partial charge in [0.05, 0.1) is 7.11 Å². The second kappa shape index (κ2) is 7.53. The first-order valence-electron chi connectivity index (χ1n) is 6.92. The summed E-state index contributed by atoms with van der Waals surface area (Å²) in [5.74, 6) is 0.313. The minimum absolute atomic E-state index is 0.127. The molecule has 0 amide bonds.